The van der Waals surface area contributed by atoms with Crippen LogP contribution in [0.4, 0.5) is 0 Å². The van der Waals surface area contributed by atoms with Gasteiger partial charge in [-0.05, 0) is 102 Å². The monoisotopic (exact) mass is 949 g/mol. The Morgan fingerprint density at radius 1 is 0.911 bits per heavy atom. The van der Waals surface area contributed by atoms with E-state index in [4.69, 9.17) is 4.98 Å². The Morgan fingerprint density at radius 2 is 1.52 bits per heavy atom. The van der Waals surface area contributed by atoms with Gasteiger partial charge in [0, 0.05) is 59.5 Å². The summed E-state index contributed by atoms with van der Waals surface area (Å²) >= 11 is 1.90. The average molecular weight is 949 g/mol. The van der Waals surface area contributed by atoms with Crippen LogP contribution >= 0.6 is 11.3 Å². The fourth-order valence-corrected chi connectivity index (χ4v) is 9.88. The number of aliphatic hydroxyl groups excluding tert-OH is 1. The predicted octanol–water partition coefficient (Wildman–Crippen LogP) is 15.6. The van der Waals surface area contributed by atoms with E-state index >= 15 is 0 Å². The van der Waals surface area contributed by atoms with E-state index in [-0.39, 0.29) is 48.9 Å². The SMILES string of the molecule is CC(C)c1c(-c2ccc(C3CCC(C)(C)CC3)cc2)sc2c(-c3[c-]c4ccccc4c(C(C)(C)C)c3)nccc12.CCC(CC)C(=O)/C=C(\O)C(CC)CC.[Ir]. The van der Waals surface area contributed by atoms with Crippen LogP contribution in [0, 0.1) is 23.3 Å². The van der Waals surface area contributed by atoms with Crippen molar-refractivity contribution in [2.24, 2.45) is 17.3 Å². The normalized spacial score (nSPS) is 15.0. The number of benzene rings is 3. The minimum Gasteiger partial charge on any atom is -0.512 e. The summed E-state index contributed by atoms with van der Waals surface area (Å²) in [5.74, 6) is 1.67. The van der Waals surface area contributed by atoms with Crippen LogP contribution in [0.25, 0.3) is 42.6 Å². The molecule has 1 aliphatic rings. The third-order valence-corrected chi connectivity index (χ3v) is 13.4. The van der Waals surface area contributed by atoms with E-state index in [1.807, 2.05) is 45.2 Å². The quantitative estimate of drug-likeness (QED) is 0.0815. The van der Waals surface area contributed by atoms with Crippen LogP contribution in [0.2, 0.25) is 0 Å². The molecule has 5 aromatic rings. The minimum atomic E-state index is 0. The number of carbonyl (C=O) groups excluding carboxylic acids is 1. The summed E-state index contributed by atoms with van der Waals surface area (Å²) < 4.78 is 1.27. The summed E-state index contributed by atoms with van der Waals surface area (Å²) in [6, 6.07) is 26.5. The zero-order valence-electron chi connectivity index (χ0n) is 35.9. The number of allylic oxidation sites excluding steroid dienone is 2. The molecule has 0 amide bonds. The smallest absolute Gasteiger partial charge is 0.162 e. The third kappa shape index (κ3) is 10.5. The van der Waals surface area contributed by atoms with Gasteiger partial charge in [-0.25, -0.2) is 0 Å². The zero-order chi connectivity index (χ0) is 40.1. The molecule has 0 spiro atoms. The fourth-order valence-electron chi connectivity index (χ4n) is 8.42. The van der Waals surface area contributed by atoms with E-state index in [1.165, 1.54) is 74.4 Å². The van der Waals surface area contributed by atoms with Gasteiger partial charge in [-0.3, -0.25) is 9.78 Å². The molecule has 2 heterocycles. The average Bonchev–Trinajstić information content (AvgIpc) is 3.56. The number of pyridine rings is 1. The Hall–Kier alpha value is -3.11. The van der Waals surface area contributed by atoms with Gasteiger partial charge in [0.05, 0.1) is 5.76 Å². The van der Waals surface area contributed by atoms with Crippen LogP contribution < -0.4 is 0 Å². The van der Waals surface area contributed by atoms with Crippen molar-refractivity contribution in [3.63, 3.8) is 0 Å². The van der Waals surface area contributed by atoms with E-state index < -0.39 is 0 Å². The summed E-state index contributed by atoms with van der Waals surface area (Å²) in [5.41, 5.74) is 8.29. The number of hydrogen-bond acceptors (Lipinski definition) is 4. The van der Waals surface area contributed by atoms with Crippen molar-refractivity contribution in [1.29, 1.82) is 0 Å². The van der Waals surface area contributed by atoms with Gasteiger partial charge >= 0.3 is 0 Å². The first-order chi connectivity index (χ1) is 26.1. The summed E-state index contributed by atoms with van der Waals surface area (Å²) in [4.78, 5) is 18.1. The van der Waals surface area contributed by atoms with Crippen LogP contribution in [0.3, 0.4) is 0 Å². The van der Waals surface area contributed by atoms with Crippen LogP contribution in [0.1, 0.15) is 156 Å². The van der Waals surface area contributed by atoms with Crippen LogP contribution in [0.15, 0.2) is 78.7 Å². The Labute approximate surface area is 356 Å². The fraction of sp³-hybridized carbons (Fsp3) is 0.490. The molecule has 2 aromatic heterocycles. The van der Waals surface area contributed by atoms with E-state index in [1.54, 1.807) is 0 Å². The molecular formula is C51H66IrNO2S-. The van der Waals surface area contributed by atoms with Gasteiger partial charge in [0.1, 0.15) is 0 Å². The molecule has 3 nitrogen and oxygen atoms in total. The summed E-state index contributed by atoms with van der Waals surface area (Å²) in [6.45, 7) is 24.4. The first-order valence-electron chi connectivity index (χ1n) is 21.0. The number of ketones is 1. The van der Waals surface area contributed by atoms with E-state index in [0.29, 0.717) is 17.3 Å². The molecule has 5 heteroatoms. The number of hydrogen-bond donors (Lipinski definition) is 1. The molecule has 303 valence electrons. The molecule has 0 bridgehead atoms. The number of carbonyl (C=O) groups is 1. The molecule has 0 atom stereocenters. The van der Waals surface area contributed by atoms with Gasteiger partial charge in [0.15, 0.2) is 5.78 Å². The molecule has 56 heavy (non-hydrogen) atoms. The largest absolute Gasteiger partial charge is 0.512 e. The van der Waals surface area contributed by atoms with E-state index in [0.717, 1.165) is 42.3 Å². The topological polar surface area (TPSA) is 50.2 Å². The van der Waals surface area contributed by atoms with Crippen molar-refractivity contribution in [3.05, 3.63) is 101 Å². The van der Waals surface area contributed by atoms with Crippen molar-refractivity contribution in [2.75, 3.05) is 0 Å². The number of aliphatic hydroxyl groups is 1. The molecule has 6 rings (SSSR count). The minimum absolute atomic E-state index is 0. The van der Waals surface area contributed by atoms with Crippen molar-refractivity contribution in [3.8, 4) is 21.7 Å². The second-order valence-electron chi connectivity index (χ2n) is 18.0. The van der Waals surface area contributed by atoms with E-state index in [9.17, 15) is 9.90 Å². The first-order valence-corrected chi connectivity index (χ1v) is 21.9. The molecule has 1 aliphatic carbocycles. The van der Waals surface area contributed by atoms with Gasteiger partial charge in [0.2, 0.25) is 0 Å². The Balaban J connectivity index is 0.000000372. The summed E-state index contributed by atoms with van der Waals surface area (Å²) in [6.07, 6.45) is 12.2. The molecule has 3 aromatic carbocycles. The molecule has 1 N–H and O–H groups in total. The number of rotatable bonds is 11. The second kappa shape index (κ2) is 19.6. The van der Waals surface area contributed by atoms with Crippen LogP contribution in [-0.2, 0) is 30.3 Å². The van der Waals surface area contributed by atoms with Gasteiger partial charge in [-0.2, -0.15) is 0 Å². The van der Waals surface area contributed by atoms with Gasteiger partial charge in [-0.15, -0.1) is 40.5 Å². The van der Waals surface area contributed by atoms with Gasteiger partial charge in [-0.1, -0.05) is 130 Å². The number of thiophene rings is 1. The molecule has 0 aliphatic heterocycles. The van der Waals surface area contributed by atoms with Gasteiger partial charge < -0.3 is 5.11 Å². The second-order valence-corrected chi connectivity index (χ2v) is 19.0. The summed E-state index contributed by atoms with van der Waals surface area (Å²) in [5, 5.41) is 13.5. The van der Waals surface area contributed by atoms with Crippen molar-refractivity contribution < 1.29 is 30.0 Å². The molecular weight excluding hydrogens is 883 g/mol. The molecule has 1 fully saturated rings. The maximum Gasteiger partial charge on any atom is 0.162 e. The number of fused-ring (bicyclic) bond motifs is 2. The third-order valence-electron chi connectivity index (χ3n) is 12.1. The number of nitrogens with zero attached hydrogens (tertiary/aromatic N) is 1. The van der Waals surface area contributed by atoms with Gasteiger partial charge in [0.25, 0.3) is 0 Å². The summed E-state index contributed by atoms with van der Waals surface area (Å²) in [7, 11) is 0. The molecule has 1 radical (unpaired) electrons. The zero-order valence-corrected chi connectivity index (χ0v) is 39.2. The maximum atomic E-state index is 11.7. The van der Waals surface area contributed by atoms with Crippen LogP contribution in [-0.4, -0.2) is 15.9 Å². The van der Waals surface area contributed by atoms with Crippen molar-refractivity contribution >= 4 is 38.0 Å². The first kappa shape index (κ1) is 45.6. The maximum absolute atomic E-state index is 11.7. The Kier molecular flexibility index (Phi) is 15.9. The van der Waals surface area contributed by atoms with Crippen molar-refractivity contribution in [1.82, 2.24) is 4.98 Å². The Morgan fingerprint density at radius 3 is 2.09 bits per heavy atom. The molecule has 0 unspecified atom stereocenters. The van der Waals surface area contributed by atoms with Crippen molar-refractivity contribution in [2.45, 2.75) is 145 Å². The Bertz CT molecular complexity index is 2080. The standard InChI is InChI=1S/C38H42NS.C13H24O2.Ir/c1-24(2)33-31-18-21-39-34(29-22-28-10-8-9-11-30(28)32(23-29)37(3,4)5)36(31)40-35(33)27-14-12-25(13-15-27)26-16-19-38(6,7)20-17-26;1-5-10(6-2)12(14)9-13(15)11(7-3)8-4;/h8-15,18,21,23-24,26H,16-17,19-20H2,1-7H3;9-11,14H,5-8H2,1-4H3;/q-1;;/b;12-9-;. The van der Waals surface area contributed by atoms with E-state index in [2.05, 4.69) is 115 Å². The van der Waals surface area contributed by atoms with Crippen LogP contribution in [0.5, 0.6) is 0 Å². The predicted molar refractivity (Wildman–Crippen MR) is 238 cm³/mol. The number of aromatic nitrogens is 1. The molecule has 0 saturated heterocycles. The molecule has 1 saturated carbocycles.